The van der Waals surface area contributed by atoms with Gasteiger partial charge in [0.1, 0.15) is 5.82 Å². The molecule has 1 fully saturated rings. The van der Waals surface area contributed by atoms with E-state index in [-0.39, 0.29) is 53.0 Å². The van der Waals surface area contributed by atoms with Crippen molar-refractivity contribution in [2.75, 3.05) is 42.3 Å². The third-order valence-corrected chi connectivity index (χ3v) is 7.60. The van der Waals surface area contributed by atoms with Crippen molar-refractivity contribution in [1.29, 1.82) is 0 Å². The Morgan fingerprint density at radius 2 is 2.00 bits per heavy atom. The number of hydrogen-bond acceptors (Lipinski definition) is 9. The first kappa shape index (κ1) is 22.7. The molecule has 0 bridgehead atoms. The Kier molecular flexibility index (Phi) is 5.37. The van der Waals surface area contributed by atoms with E-state index in [9.17, 15) is 21.6 Å². The molecule has 180 valence electrons. The minimum absolute atomic E-state index is 0.0962. The number of anilines is 2. The number of rotatable bonds is 4. The van der Waals surface area contributed by atoms with Crippen molar-refractivity contribution >= 4 is 32.5 Å². The van der Waals surface area contributed by atoms with Crippen LogP contribution >= 0.6 is 0 Å². The van der Waals surface area contributed by atoms with E-state index in [0.717, 1.165) is 12.1 Å². The lowest BCUT2D eigenvalue weighted by Crippen LogP contribution is -2.61. The van der Waals surface area contributed by atoms with Crippen LogP contribution in [0.1, 0.15) is 11.3 Å². The molecule has 0 radical (unpaired) electrons. The van der Waals surface area contributed by atoms with Gasteiger partial charge in [-0.25, -0.2) is 13.4 Å². The Labute approximate surface area is 193 Å². The smallest absolute Gasteiger partial charge is 0.377 e. The minimum Gasteiger partial charge on any atom is -0.377 e. The molecule has 0 amide bonds. The quantitative estimate of drug-likeness (QED) is 0.560. The van der Waals surface area contributed by atoms with Gasteiger partial charge in [0, 0.05) is 24.7 Å². The number of hydrogen-bond donors (Lipinski definition) is 2. The van der Waals surface area contributed by atoms with Crippen LogP contribution in [0.4, 0.5) is 24.9 Å². The molecular formula is C21H21F3N6O3S. The van der Waals surface area contributed by atoms with Gasteiger partial charge in [0.25, 0.3) is 0 Å². The van der Waals surface area contributed by atoms with Crippen LogP contribution in [-0.4, -0.2) is 61.0 Å². The zero-order chi connectivity index (χ0) is 24.1. The summed E-state index contributed by atoms with van der Waals surface area (Å²) >= 11 is 0. The summed E-state index contributed by atoms with van der Waals surface area (Å²) in [4.78, 5) is 15.0. The molecule has 1 saturated heterocycles. The summed E-state index contributed by atoms with van der Waals surface area (Å²) in [7, 11) is -3.55. The molecule has 1 aromatic carbocycles. The van der Waals surface area contributed by atoms with E-state index in [1.54, 1.807) is 11.0 Å². The highest BCUT2D eigenvalue weighted by Gasteiger charge is 2.35. The van der Waals surface area contributed by atoms with Crippen molar-refractivity contribution in [3.8, 4) is 0 Å². The number of sulfone groups is 1. The number of halogens is 3. The van der Waals surface area contributed by atoms with E-state index in [1.807, 2.05) is 0 Å². The molecule has 2 aliphatic rings. The third-order valence-electron chi connectivity index (χ3n) is 5.84. The number of fused-ring (bicyclic) bond motifs is 2. The van der Waals surface area contributed by atoms with E-state index >= 15 is 0 Å². The lowest BCUT2D eigenvalue weighted by Gasteiger charge is -2.38. The maximum Gasteiger partial charge on any atom is 0.416 e. The highest BCUT2D eigenvalue weighted by molar-refractivity contribution is 7.91. The second-order valence-electron chi connectivity index (χ2n) is 8.50. The van der Waals surface area contributed by atoms with E-state index in [4.69, 9.17) is 10.5 Å². The van der Waals surface area contributed by atoms with Gasteiger partial charge in [-0.3, -0.25) is 4.98 Å². The van der Waals surface area contributed by atoms with Gasteiger partial charge >= 0.3 is 6.18 Å². The molecule has 0 spiro atoms. The van der Waals surface area contributed by atoms with E-state index in [0.29, 0.717) is 18.9 Å². The lowest BCUT2D eigenvalue weighted by atomic mass is 9.99. The first-order valence-corrected chi connectivity index (χ1v) is 12.1. The third kappa shape index (κ3) is 4.26. The summed E-state index contributed by atoms with van der Waals surface area (Å²) in [6, 6.07) is 6.30. The monoisotopic (exact) mass is 494 g/mol. The van der Waals surface area contributed by atoms with Crippen LogP contribution in [0.15, 0.2) is 41.4 Å². The average Bonchev–Trinajstić information content (AvgIpc) is 2.91. The summed E-state index contributed by atoms with van der Waals surface area (Å²) in [5.74, 6) is 0.183. The molecule has 5 rings (SSSR count). The number of pyridine rings is 1. The number of nitrogens with zero attached hydrogens (tertiary/aromatic N) is 4. The summed E-state index contributed by atoms with van der Waals surface area (Å²) in [5.41, 5.74) is 5.34. The van der Waals surface area contributed by atoms with Gasteiger partial charge < -0.3 is 20.7 Å². The topological polar surface area (TPSA) is 123 Å². The fraction of sp³-hybridized carbons (Fsp3) is 0.381. The maximum atomic E-state index is 13.3. The lowest BCUT2D eigenvalue weighted by molar-refractivity contribution is -0.137. The van der Waals surface area contributed by atoms with Crippen molar-refractivity contribution in [3.05, 3.63) is 47.8 Å². The Morgan fingerprint density at radius 1 is 1.21 bits per heavy atom. The van der Waals surface area contributed by atoms with Gasteiger partial charge in [-0.2, -0.15) is 18.2 Å². The Balaban J connectivity index is 1.57. The fourth-order valence-corrected chi connectivity index (χ4v) is 5.33. The highest BCUT2D eigenvalue weighted by Crippen LogP contribution is 2.34. The van der Waals surface area contributed by atoms with Gasteiger partial charge in [0.15, 0.2) is 9.84 Å². The molecule has 2 aliphatic heterocycles. The number of aromatic nitrogens is 3. The number of nitrogens with two attached hydrogens (primary N) is 1. The predicted octanol–water partition coefficient (Wildman–Crippen LogP) is 1.98. The molecule has 0 saturated carbocycles. The zero-order valence-electron chi connectivity index (χ0n) is 17.8. The van der Waals surface area contributed by atoms with Crippen molar-refractivity contribution in [2.24, 2.45) is 5.73 Å². The standard InChI is InChI=1S/C21H21F3N6O3S/c22-21(23,24)13-3-4-15-14(8-13)18(27-10-20(25)11-33-12-20)29-19(28-15)30-6-7-34(31,32)17-2-1-5-26-16(17)9-30/h1-5,8H,6-7,9-12,25H2,(H,27,28,29). The molecular weight excluding hydrogens is 473 g/mol. The molecule has 9 nitrogen and oxygen atoms in total. The molecule has 2 aromatic heterocycles. The number of benzene rings is 1. The first-order chi connectivity index (χ1) is 16.0. The summed E-state index contributed by atoms with van der Waals surface area (Å²) < 4.78 is 70.5. The Morgan fingerprint density at radius 3 is 2.71 bits per heavy atom. The molecule has 0 aliphatic carbocycles. The van der Waals surface area contributed by atoms with Gasteiger partial charge in [-0.1, -0.05) is 0 Å². The normalized spacial score (nSPS) is 19.2. The largest absolute Gasteiger partial charge is 0.416 e. The van der Waals surface area contributed by atoms with Crippen LogP contribution < -0.4 is 16.0 Å². The molecule has 3 N–H and O–H groups in total. The molecule has 3 aromatic rings. The first-order valence-electron chi connectivity index (χ1n) is 10.5. The van der Waals surface area contributed by atoms with Gasteiger partial charge in [-0.15, -0.1) is 0 Å². The van der Waals surface area contributed by atoms with E-state index in [1.165, 1.54) is 18.3 Å². The summed E-state index contributed by atoms with van der Waals surface area (Å²) in [5, 5.41) is 3.24. The van der Waals surface area contributed by atoms with Crippen LogP contribution in [0.25, 0.3) is 10.9 Å². The zero-order valence-corrected chi connectivity index (χ0v) is 18.7. The van der Waals surface area contributed by atoms with Crippen LogP contribution in [-0.2, 0) is 27.3 Å². The average molecular weight is 494 g/mol. The maximum absolute atomic E-state index is 13.3. The van der Waals surface area contributed by atoms with Crippen molar-refractivity contribution in [1.82, 2.24) is 15.0 Å². The van der Waals surface area contributed by atoms with Gasteiger partial charge in [0.05, 0.1) is 52.7 Å². The van der Waals surface area contributed by atoms with Crippen LogP contribution in [0, 0.1) is 0 Å². The minimum atomic E-state index is -4.53. The fourth-order valence-electron chi connectivity index (χ4n) is 3.89. The van der Waals surface area contributed by atoms with Crippen molar-refractivity contribution < 1.29 is 26.3 Å². The second kappa shape index (κ2) is 8.03. The Bertz CT molecular complexity index is 1360. The van der Waals surface area contributed by atoms with E-state index < -0.39 is 27.1 Å². The molecule has 0 atom stereocenters. The SMILES string of the molecule is NC1(CNc2nc(N3CCS(=O)(=O)c4cccnc4C3)nc3ccc(C(F)(F)F)cc23)COC1. The van der Waals surface area contributed by atoms with E-state index in [2.05, 4.69) is 20.3 Å². The van der Waals surface area contributed by atoms with Crippen LogP contribution in [0.5, 0.6) is 0 Å². The van der Waals surface area contributed by atoms with Gasteiger partial charge in [-0.05, 0) is 30.3 Å². The van der Waals surface area contributed by atoms with Crippen molar-refractivity contribution in [2.45, 2.75) is 23.2 Å². The molecule has 0 unspecified atom stereocenters. The molecule has 4 heterocycles. The highest BCUT2D eigenvalue weighted by atomic mass is 32.2. The summed E-state index contributed by atoms with van der Waals surface area (Å²) in [6.07, 6.45) is -3.03. The molecule has 13 heteroatoms. The number of nitrogens with one attached hydrogen (secondary N) is 1. The van der Waals surface area contributed by atoms with Gasteiger partial charge in [0.2, 0.25) is 5.95 Å². The summed E-state index contributed by atoms with van der Waals surface area (Å²) in [6.45, 7) is 1.09. The second-order valence-corrected chi connectivity index (χ2v) is 10.6. The molecule has 34 heavy (non-hydrogen) atoms. The van der Waals surface area contributed by atoms with Crippen LogP contribution in [0.3, 0.4) is 0 Å². The van der Waals surface area contributed by atoms with Crippen LogP contribution in [0.2, 0.25) is 0 Å². The number of alkyl halides is 3. The number of ether oxygens (including phenoxy) is 1. The van der Waals surface area contributed by atoms with Crippen molar-refractivity contribution in [3.63, 3.8) is 0 Å². The Hall–Kier alpha value is -3.03. The predicted molar refractivity (Wildman–Crippen MR) is 118 cm³/mol.